The van der Waals surface area contributed by atoms with Crippen LogP contribution in [0.15, 0.2) is 22.7 Å². The largest absolute Gasteiger partial charge is 0.371 e. The zero-order valence-electron chi connectivity index (χ0n) is 12.8. The number of halogens is 1. The molecule has 0 aromatic heterocycles. The normalized spacial score (nSPS) is 13.1. The van der Waals surface area contributed by atoms with Crippen molar-refractivity contribution in [2.75, 3.05) is 18.0 Å². The molecular formula is C16H27BrN2. The summed E-state index contributed by atoms with van der Waals surface area (Å²) in [6.45, 7) is 13.2. The molecule has 1 aromatic rings. The summed E-state index contributed by atoms with van der Waals surface area (Å²) < 4.78 is 1.09. The van der Waals surface area contributed by atoms with Crippen molar-refractivity contribution in [2.24, 2.45) is 17.6 Å². The summed E-state index contributed by atoms with van der Waals surface area (Å²) >= 11 is 3.54. The Labute approximate surface area is 126 Å². The van der Waals surface area contributed by atoms with Gasteiger partial charge in [0.1, 0.15) is 0 Å². The lowest BCUT2D eigenvalue weighted by atomic mass is 10.0. The lowest BCUT2D eigenvalue weighted by Crippen LogP contribution is -2.32. The van der Waals surface area contributed by atoms with E-state index in [4.69, 9.17) is 5.73 Å². The minimum Gasteiger partial charge on any atom is -0.371 e. The summed E-state index contributed by atoms with van der Waals surface area (Å²) in [5.74, 6) is 1.28. The molecule has 19 heavy (non-hydrogen) atoms. The highest BCUT2D eigenvalue weighted by molar-refractivity contribution is 9.10. The van der Waals surface area contributed by atoms with E-state index in [1.165, 1.54) is 11.3 Å². The summed E-state index contributed by atoms with van der Waals surface area (Å²) in [6, 6.07) is 6.49. The maximum absolute atomic E-state index is 6.14. The van der Waals surface area contributed by atoms with E-state index in [0.29, 0.717) is 11.8 Å². The Hall–Kier alpha value is -0.540. The summed E-state index contributed by atoms with van der Waals surface area (Å²) in [4.78, 5) is 2.47. The van der Waals surface area contributed by atoms with Crippen LogP contribution in [0.4, 0.5) is 5.69 Å². The van der Waals surface area contributed by atoms with Crippen LogP contribution in [0.3, 0.4) is 0 Å². The predicted molar refractivity (Wildman–Crippen MR) is 88.6 cm³/mol. The molecule has 0 aliphatic rings. The monoisotopic (exact) mass is 326 g/mol. The molecule has 0 amide bonds. The van der Waals surface area contributed by atoms with Crippen molar-refractivity contribution >= 4 is 21.6 Å². The molecule has 1 rings (SSSR count). The molecule has 3 heteroatoms. The van der Waals surface area contributed by atoms with Gasteiger partial charge in [0, 0.05) is 29.3 Å². The van der Waals surface area contributed by atoms with Crippen molar-refractivity contribution in [3.05, 3.63) is 28.2 Å². The SMILES string of the molecule is CC(C)CN(CC(C)C)c1ccc(Br)cc1C(C)N. The third kappa shape index (κ3) is 5.15. The number of nitrogens with zero attached hydrogens (tertiary/aromatic N) is 1. The Morgan fingerprint density at radius 2 is 1.58 bits per heavy atom. The highest BCUT2D eigenvalue weighted by Crippen LogP contribution is 2.29. The van der Waals surface area contributed by atoms with Gasteiger partial charge in [-0.25, -0.2) is 0 Å². The molecule has 2 nitrogen and oxygen atoms in total. The number of hydrogen-bond acceptors (Lipinski definition) is 2. The van der Waals surface area contributed by atoms with Crippen LogP contribution in [0.2, 0.25) is 0 Å². The molecule has 0 spiro atoms. The van der Waals surface area contributed by atoms with E-state index in [1.54, 1.807) is 0 Å². The van der Waals surface area contributed by atoms with E-state index < -0.39 is 0 Å². The molecule has 0 heterocycles. The Balaban J connectivity index is 3.13. The first-order chi connectivity index (χ1) is 8.81. The first kappa shape index (κ1) is 16.5. The molecule has 0 saturated heterocycles. The minimum atomic E-state index is 0.0503. The van der Waals surface area contributed by atoms with Gasteiger partial charge in [0.2, 0.25) is 0 Å². The van der Waals surface area contributed by atoms with Gasteiger partial charge in [0.15, 0.2) is 0 Å². The highest BCUT2D eigenvalue weighted by Gasteiger charge is 2.16. The Kier molecular flexibility index (Phi) is 6.34. The van der Waals surface area contributed by atoms with Crippen LogP contribution >= 0.6 is 15.9 Å². The molecule has 0 aliphatic carbocycles. The smallest absolute Gasteiger partial charge is 0.0415 e. The molecule has 1 aromatic carbocycles. The van der Waals surface area contributed by atoms with Crippen molar-refractivity contribution in [3.8, 4) is 0 Å². The van der Waals surface area contributed by atoms with Gasteiger partial charge in [-0.3, -0.25) is 0 Å². The molecule has 1 unspecified atom stereocenters. The molecule has 0 radical (unpaired) electrons. The maximum atomic E-state index is 6.14. The molecule has 0 fully saturated rings. The lowest BCUT2D eigenvalue weighted by Gasteiger charge is -2.31. The summed E-state index contributed by atoms with van der Waals surface area (Å²) in [5, 5.41) is 0. The number of nitrogens with two attached hydrogens (primary N) is 1. The Morgan fingerprint density at radius 3 is 2.00 bits per heavy atom. The first-order valence-electron chi connectivity index (χ1n) is 7.11. The second-order valence-electron chi connectivity index (χ2n) is 6.18. The van der Waals surface area contributed by atoms with Crippen LogP contribution in [-0.2, 0) is 0 Å². The van der Waals surface area contributed by atoms with Gasteiger partial charge in [0.25, 0.3) is 0 Å². The fourth-order valence-corrected chi connectivity index (χ4v) is 2.71. The molecule has 2 N–H and O–H groups in total. The van der Waals surface area contributed by atoms with Gasteiger partial charge in [-0.1, -0.05) is 43.6 Å². The minimum absolute atomic E-state index is 0.0503. The second kappa shape index (κ2) is 7.30. The summed E-state index contributed by atoms with van der Waals surface area (Å²) in [7, 11) is 0. The molecule has 0 bridgehead atoms. The van der Waals surface area contributed by atoms with Crippen LogP contribution in [0, 0.1) is 11.8 Å². The zero-order valence-corrected chi connectivity index (χ0v) is 14.4. The number of rotatable bonds is 6. The van der Waals surface area contributed by atoms with Gasteiger partial charge in [0.05, 0.1) is 0 Å². The third-order valence-corrected chi connectivity index (χ3v) is 3.49. The van der Waals surface area contributed by atoms with Gasteiger partial charge in [-0.05, 0) is 42.5 Å². The van der Waals surface area contributed by atoms with E-state index in [-0.39, 0.29) is 6.04 Å². The van der Waals surface area contributed by atoms with Gasteiger partial charge < -0.3 is 10.6 Å². The quantitative estimate of drug-likeness (QED) is 0.828. The van der Waals surface area contributed by atoms with E-state index in [9.17, 15) is 0 Å². The van der Waals surface area contributed by atoms with E-state index in [0.717, 1.165) is 17.6 Å². The second-order valence-corrected chi connectivity index (χ2v) is 7.10. The van der Waals surface area contributed by atoms with Crippen molar-refractivity contribution < 1.29 is 0 Å². The summed E-state index contributed by atoms with van der Waals surface area (Å²) in [5.41, 5.74) is 8.63. The van der Waals surface area contributed by atoms with E-state index >= 15 is 0 Å². The molecule has 0 saturated carbocycles. The van der Waals surface area contributed by atoms with Gasteiger partial charge >= 0.3 is 0 Å². The van der Waals surface area contributed by atoms with Crippen LogP contribution < -0.4 is 10.6 Å². The third-order valence-electron chi connectivity index (χ3n) is 2.99. The highest BCUT2D eigenvalue weighted by atomic mass is 79.9. The van der Waals surface area contributed by atoms with E-state index in [2.05, 4.69) is 66.7 Å². The predicted octanol–water partition coefficient (Wildman–Crippen LogP) is 4.59. The Morgan fingerprint density at radius 1 is 1.05 bits per heavy atom. The van der Waals surface area contributed by atoms with Crippen LogP contribution in [0.5, 0.6) is 0 Å². The van der Waals surface area contributed by atoms with Crippen molar-refractivity contribution in [3.63, 3.8) is 0 Å². The molecule has 1 atom stereocenters. The van der Waals surface area contributed by atoms with Crippen molar-refractivity contribution in [1.29, 1.82) is 0 Å². The standard InChI is InChI=1S/C16H27BrN2/c1-11(2)9-19(10-12(3)4)16-7-6-14(17)8-15(16)13(5)18/h6-8,11-13H,9-10,18H2,1-5H3. The van der Waals surface area contributed by atoms with Gasteiger partial charge in [-0.15, -0.1) is 0 Å². The fraction of sp³-hybridized carbons (Fsp3) is 0.625. The molecule has 108 valence electrons. The fourth-order valence-electron chi connectivity index (χ4n) is 2.33. The molecule has 0 aliphatic heterocycles. The van der Waals surface area contributed by atoms with Crippen molar-refractivity contribution in [1.82, 2.24) is 0 Å². The molecular weight excluding hydrogens is 300 g/mol. The summed E-state index contributed by atoms with van der Waals surface area (Å²) in [6.07, 6.45) is 0. The number of anilines is 1. The first-order valence-corrected chi connectivity index (χ1v) is 7.90. The number of hydrogen-bond donors (Lipinski definition) is 1. The lowest BCUT2D eigenvalue weighted by molar-refractivity contribution is 0.550. The van der Waals surface area contributed by atoms with Gasteiger partial charge in [-0.2, -0.15) is 0 Å². The maximum Gasteiger partial charge on any atom is 0.0415 e. The zero-order chi connectivity index (χ0) is 14.6. The number of benzene rings is 1. The topological polar surface area (TPSA) is 29.3 Å². The van der Waals surface area contributed by atoms with Crippen LogP contribution in [0.1, 0.15) is 46.2 Å². The average molecular weight is 327 g/mol. The average Bonchev–Trinajstić information content (AvgIpc) is 2.26. The van der Waals surface area contributed by atoms with E-state index in [1.807, 2.05) is 6.92 Å². The van der Waals surface area contributed by atoms with Crippen LogP contribution in [0.25, 0.3) is 0 Å². The Bertz CT molecular complexity index is 390. The van der Waals surface area contributed by atoms with Crippen LogP contribution in [-0.4, -0.2) is 13.1 Å². The van der Waals surface area contributed by atoms with Crippen molar-refractivity contribution in [2.45, 2.75) is 40.7 Å².